The Bertz CT molecular complexity index is 959. The molecule has 1 aromatic heterocycles. The van der Waals surface area contributed by atoms with Crippen LogP contribution in [0.25, 0.3) is 0 Å². The molecule has 2 rings (SSSR count). The highest BCUT2D eigenvalue weighted by Crippen LogP contribution is 2.43. The molecule has 29 heavy (non-hydrogen) atoms. The molecule has 0 spiro atoms. The van der Waals surface area contributed by atoms with Crippen LogP contribution in [0.2, 0.25) is 5.15 Å². The molecule has 1 N–H and O–H groups in total. The largest absolute Gasteiger partial charge is 0.464 e. The zero-order valence-corrected chi connectivity index (χ0v) is 15.3. The van der Waals surface area contributed by atoms with Crippen molar-refractivity contribution in [2.24, 2.45) is 0 Å². The summed E-state index contributed by atoms with van der Waals surface area (Å²) in [5.74, 6) is -0.565. The number of halogens is 7. The number of anilines is 2. The van der Waals surface area contributed by atoms with E-state index in [1.54, 1.807) is 0 Å². The van der Waals surface area contributed by atoms with E-state index < -0.39 is 41.1 Å². The van der Waals surface area contributed by atoms with E-state index in [4.69, 9.17) is 11.6 Å². The first-order chi connectivity index (χ1) is 13.3. The molecule has 0 fully saturated rings. The molecule has 0 bridgehead atoms. The molecule has 0 aliphatic carbocycles. The quantitative estimate of drug-likeness (QED) is 0.359. The van der Waals surface area contributed by atoms with Crippen LogP contribution >= 0.6 is 11.6 Å². The summed E-state index contributed by atoms with van der Waals surface area (Å²) < 4.78 is 79.2. The Balaban J connectivity index is 2.85. The van der Waals surface area contributed by atoms with Gasteiger partial charge in [-0.15, -0.1) is 6.58 Å². The van der Waals surface area contributed by atoms with Crippen molar-refractivity contribution in [2.75, 3.05) is 4.90 Å². The Morgan fingerprint density at radius 3 is 2.31 bits per heavy atom. The summed E-state index contributed by atoms with van der Waals surface area (Å²) in [6.07, 6.45) is -11.1. The van der Waals surface area contributed by atoms with Gasteiger partial charge in [0.05, 0.1) is 16.8 Å². The van der Waals surface area contributed by atoms with E-state index in [9.17, 15) is 36.2 Å². The fourth-order valence-electron chi connectivity index (χ4n) is 2.49. The number of hydrogen-bond acceptors (Lipinski definition) is 3. The Labute approximate surface area is 165 Å². The zero-order chi connectivity index (χ0) is 22.1. The van der Waals surface area contributed by atoms with Crippen LogP contribution in [0.3, 0.4) is 0 Å². The van der Waals surface area contributed by atoms with Gasteiger partial charge in [0.25, 0.3) is 0 Å². The van der Waals surface area contributed by atoms with Gasteiger partial charge in [0.15, 0.2) is 5.82 Å². The van der Waals surface area contributed by atoms with E-state index in [0.717, 1.165) is 0 Å². The highest BCUT2D eigenvalue weighted by molar-refractivity contribution is 6.30. The third-order valence-corrected chi connectivity index (χ3v) is 3.98. The first kappa shape index (κ1) is 22.5. The minimum atomic E-state index is -5.28. The van der Waals surface area contributed by atoms with E-state index >= 15 is 0 Å². The second kappa shape index (κ2) is 7.90. The SMILES string of the molecule is C=CCc1c(Cl)nc(C)nc1N(C(=O)O)c1ccc(C(F)(F)F)cc1C(F)(F)F. The van der Waals surface area contributed by atoms with Crippen molar-refractivity contribution in [3.63, 3.8) is 0 Å². The molecule has 2 aromatic rings. The van der Waals surface area contributed by atoms with Gasteiger partial charge in [0.2, 0.25) is 0 Å². The van der Waals surface area contributed by atoms with Crippen molar-refractivity contribution in [3.05, 3.63) is 58.5 Å². The van der Waals surface area contributed by atoms with Crippen molar-refractivity contribution in [1.29, 1.82) is 0 Å². The summed E-state index contributed by atoms with van der Waals surface area (Å²) >= 11 is 5.97. The van der Waals surface area contributed by atoms with Gasteiger partial charge in [0.1, 0.15) is 11.0 Å². The van der Waals surface area contributed by atoms with Gasteiger partial charge in [-0.3, -0.25) is 0 Å². The zero-order valence-electron chi connectivity index (χ0n) is 14.6. The molecule has 12 heteroatoms. The minimum Gasteiger partial charge on any atom is -0.464 e. The number of rotatable bonds is 4. The second-order valence-corrected chi connectivity index (χ2v) is 6.06. The van der Waals surface area contributed by atoms with Crippen molar-refractivity contribution < 1.29 is 36.2 Å². The van der Waals surface area contributed by atoms with E-state index in [-0.39, 0.29) is 33.9 Å². The summed E-state index contributed by atoms with van der Waals surface area (Å²) in [4.78, 5) is 19.7. The van der Waals surface area contributed by atoms with E-state index in [1.807, 2.05) is 0 Å². The molecule has 0 saturated carbocycles. The van der Waals surface area contributed by atoms with Crippen LogP contribution < -0.4 is 4.90 Å². The molecule has 1 amide bonds. The Morgan fingerprint density at radius 2 is 1.83 bits per heavy atom. The topological polar surface area (TPSA) is 66.3 Å². The van der Waals surface area contributed by atoms with E-state index in [2.05, 4.69) is 16.5 Å². The van der Waals surface area contributed by atoms with Crippen molar-refractivity contribution in [3.8, 4) is 0 Å². The maximum absolute atomic E-state index is 13.5. The fraction of sp³-hybridized carbons (Fsp3) is 0.235. The predicted molar refractivity (Wildman–Crippen MR) is 92.3 cm³/mol. The fourth-order valence-corrected chi connectivity index (χ4v) is 2.78. The monoisotopic (exact) mass is 439 g/mol. The highest BCUT2D eigenvalue weighted by Gasteiger charge is 2.41. The van der Waals surface area contributed by atoms with Crippen LogP contribution in [-0.2, 0) is 18.8 Å². The van der Waals surface area contributed by atoms with Gasteiger partial charge in [-0.1, -0.05) is 17.7 Å². The number of nitrogens with zero attached hydrogens (tertiary/aromatic N) is 3. The first-order valence-electron chi connectivity index (χ1n) is 7.72. The lowest BCUT2D eigenvalue weighted by Gasteiger charge is -2.25. The number of aryl methyl sites for hydroxylation is 1. The van der Waals surface area contributed by atoms with Crippen LogP contribution in [0.4, 0.5) is 42.6 Å². The summed E-state index contributed by atoms with van der Waals surface area (Å²) in [5, 5.41) is 9.36. The van der Waals surface area contributed by atoms with Crippen molar-refractivity contribution in [2.45, 2.75) is 25.7 Å². The number of benzene rings is 1. The highest BCUT2D eigenvalue weighted by atomic mass is 35.5. The molecule has 0 unspecified atom stereocenters. The summed E-state index contributed by atoms with van der Waals surface area (Å²) in [6.45, 7) is 4.77. The maximum Gasteiger partial charge on any atom is 0.418 e. The van der Waals surface area contributed by atoms with Gasteiger partial charge < -0.3 is 5.11 Å². The molecule has 0 saturated heterocycles. The summed E-state index contributed by atoms with van der Waals surface area (Å²) in [6, 6.07) is 0.611. The second-order valence-electron chi connectivity index (χ2n) is 5.70. The Morgan fingerprint density at radius 1 is 1.21 bits per heavy atom. The lowest BCUT2D eigenvalue weighted by Crippen LogP contribution is -2.29. The van der Waals surface area contributed by atoms with E-state index in [0.29, 0.717) is 12.1 Å². The Kier molecular flexibility index (Phi) is 6.12. The van der Waals surface area contributed by atoms with Gasteiger partial charge in [-0.2, -0.15) is 26.3 Å². The standard InChI is InChI=1S/C17H12ClF6N3O2/c1-3-4-10-13(18)25-8(2)26-14(10)27(15(28)29)12-6-5-9(16(19,20)21)7-11(12)17(22,23)24/h3,5-7H,1,4H2,2H3,(H,28,29). The average Bonchev–Trinajstić information content (AvgIpc) is 2.56. The Hall–Kier alpha value is -2.82. The van der Waals surface area contributed by atoms with Crippen molar-refractivity contribution >= 4 is 29.2 Å². The molecule has 5 nitrogen and oxygen atoms in total. The normalized spacial score (nSPS) is 12.0. The van der Waals surface area contributed by atoms with Gasteiger partial charge >= 0.3 is 18.4 Å². The smallest absolute Gasteiger partial charge is 0.418 e. The molecular formula is C17H12ClF6N3O2. The number of hydrogen-bond donors (Lipinski definition) is 1. The van der Waals surface area contributed by atoms with Crippen molar-refractivity contribution in [1.82, 2.24) is 9.97 Å². The number of alkyl halides is 6. The van der Waals surface area contributed by atoms with Crippen LogP contribution in [0.5, 0.6) is 0 Å². The summed E-state index contributed by atoms with van der Waals surface area (Å²) in [5.41, 5.74) is -4.49. The van der Waals surface area contributed by atoms with Crippen LogP contribution in [0.15, 0.2) is 30.9 Å². The molecule has 0 aliphatic heterocycles. The molecule has 0 atom stereocenters. The van der Waals surface area contributed by atoms with Gasteiger partial charge in [0, 0.05) is 5.56 Å². The van der Waals surface area contributed by atoms with Gasteiger partial charge in [-0.25, -0.2) is 19.7 Å². The molecule has 156 valence electrons. The predicted octanol–water partition coefficient (Wildman–Crippen LogP) is 6.02. The van der Waals surface area contributed by atoms with E-state index in [1.165, 1.54) is 13.0 Å². The van der Waals surface area contributed by atoms with Crippen LogP contribution in [0, 0.1) is 6.92 Å². The number of carboxylic acid groups (broad SMARTS) is 1. The minimum absolute atomic E-state index is 0.0514. The lowest BCUT2D eigenvalue weighted by atomic mass is 10.1. The third kappa shape index (κ3) is 4.78. The van der Waals surface area contributed by atoms with Crippen LogP contribution in [0.1, 0.15) is 22.5 Å². The van der Waals surface area contributed by atoms with Crippen LogP contribution in [-0.4, -0.2) is 21.2 Å². The average molecular weight is 440 g/mol. The first-order valence-corrected chi connectivity index (χ1v) is 8.10. The number of amides is 1. The molecule has 0 radical (unpaired) electrons. The molecule has 1 aromatic carbocycles. The number of allylic oxidation sites excluding steroid dienone is 1. The number of carbonyl (C=O) groups is 1. The summed E-state index contributed by atoms with van der Waals surface area (Å²) in [7, 11) is 0. The molecule has 1 heterocycles. The third-order valence-electron chi connectivity index (χ3n) is 3.67. The molecule has 0 aliphatic rings. The lowest BCUT2D eigenvalue weighted by molar-refractivity contribution is -0.142. The maximum atomic E-state index is 13.5. The number of aromatic nitrogens is 2. The molecular weight excluding hydrogens is 428 g/mol. The van der Waals surface area contributed by atoms with Gasteiger partial charge in [-0.05, 0) is 31.5 Å².